The number of benzene rings is 1. The average Bonchev–Trinajstić information content (AvgIpc) is 2.59. The van der Waals surface area contributed by atoms with Crippen molar-refractivity contribution in [1.82, 2.24) is 4.57 Å². The summed E-state index contributed by atoms with van der Waals surface area (Å²) >= 11 is 0. The van der Waals surface area contributed by atoms with Crippen molar-refractivity contribution in [3.63, 3.8) is 0 Å². The summed E-state index contributed by atoms with van der Waals surface area (Å²) in [6.07, 6.45) is 8.03. The molecular formula is C20H23NO4. The molecular weight excluding hydrogens is 318 g/mol. The lowest BCUT2D eigenvalue weighted by atomic mass is 9.95. The molecule has 0 saturated heterocycles. The molecule has 0 aliphatic carbocycles. The van der Waals surface area contributed by atoms with E-state index in [2.05, 4.69) is 4.89 Å². The van der Waals surface area contributed by atoms with E-state index < -0.39 is 11.2 Å². The predicted octanol–water partition coefficient (Wildman–Crippen LogP) is 3.92. The van der Waals surface area contributed by atoms with E-state index in [9.17, 15) is 4.79 Å². The summed E-state index contributed by atoms with van der Waals surface area (Å²) in [7, 11) is 1.77. The minimum Gasteiger partial charge on any atom is -0.482 e. The molecule has 5 nitrogen and oxygen atoms in total. The van der Waals surface area contributed by atoms with Gasteiger partial charge in [0.25, 0.3) is 5.56 Å². The Morgan fingerprint density at radius 1 is 1.36 bits per heavy atom. The molecule has 25 heavy (non-hydrogen) atoms. The first kappa shape index (κ1) is 17.5. The Balaban J connectivity index is 2.00. The van der Waals surface area contributed by atoms with Crippen molar-refractivity contribution < 1.29 is 14.9 Å². The highest BCUT2D eigenvalue weighted by Gasteiger charge is 2.29. The number of rotatable bonds is 4. The molecule has 0 saturated carbocycles. The third-order valence-corrected chi connectivity index (χ3v) is 4.51. The zero-order valence-electron chi connectivity index (χ0n) is 14.9. The number of pyridine rings is 1. The molecule has 0 bridgehead atoms. The number of aryl methyl sites for hydroxylation is 1. The molecule has 1 aromatic carbocycles. The second-order valence-corrected chi connectivity index (χ2v) is 7.17. The highest BCUT2D eigenvalue weighted by Crippen LogP contribution is 2.36. The summed E-state index contributed by atoms with van der Waals surface area (Å²) in [5.41, 5.74) is 0.00714. The van der Waals surface area contributed by atoms with E-state index in [1.807, 2.05) is 49.4 Å². The minimum absolute atomic E-state index is 0.0719. The van der Waals surface area contributed by atoms with Crippen LogP contribution in [0.5, 0.6) is 5.75 Å². The third kappa shape index (κ3) is 3.25. The summed E-state index contributed by atoms with van der Waals surface area (Å²) in [6.45, 7) is 5.49. The topological polar surface area (TPSA) is 60.7 Å². The van der Waals surface area contributed by atoms with Gasteiger partial charge in [0.1, 0.15) is 17.0 Å². The molecule has 0 fully saturated rings. The Kier molecular flexibility index (Phi) is 4.31. The standard InChI is InChI=1S/C20H23NO4/c1-19(2,25-23)11-7-12-20(3)13-10-15-17(24-20)14-8-5-6-9-16(14)21(4)18(15)22/h5-11,13,23H,12H2,1-4H3/t20-/m1/s1. The van der Waals surface area contributed by atoms with Gasteiger partial charge in [0.15, 0.2) is 0 Å². The zero-order chi connectivity index (χ0) is 18.2. The molecule has 1 atom stereocenters. The fourth-order valence-electron chi connectivity index (χ4n) is 2.99. The summed E-state index contributed by atoms with van der Waals surface area (Å²) in [4.78, 5) is 17.0. The van der Waals surface area contributed by atoms with Crippen LogP contribution in [0.25, 0.3) is 17.0 Å². The fraction of sp³-hybridized carbons (Fsp3) is 0.350. The molecule has 132 valence electrons. The normalized spacial score (nSPS) is 20.0. The molecule has 0 radical (unpaired) electrons. The van der Waals surface area contributed by atoms with Crippen molar-refractivity contribution in [3.05, 3.63) is 58.4 Å². The summed E-state index contributed by atoms with van der Waals surface area (Å²) < 4.78 is 7.91. The van der Waals surface area contributed by atoms with Gasteiger partial charge in [-0.3, -0.25) is 10.1 Å². The van der Waals surface area contributed by atoms with Crippen molar-refractivity contribution in [2.24, 2.45) is 7.05 Å². The van der Waals surface area contributed by atoms with Gasteiger partial charge in [0, 0.05) is 18.9 Å². The van der Waals surface area contributed by atoms with E-state index in [0.29, 0.717) is 17.7 Å². The molecule has 2 heterocycles. The number of nitrogens with zero attached hydrogens (tertiary/aromatic N) is 1. The van der Waals surface area contributed by atoms with Crippen LogP contribution >= 0.6 is 0 Å². The van der Waals surface area contributed by atoms with E-state index in [4.69, 9.17) is 9.99 Å². The highest BCUT2D eigenvalue weighted by molar-refractivity contribution is 5.89. The maximum atomic E-state index is 12.6. The molecule has 0 amide bonds. The number of para-hydroxylation sites is 1. The monoisotopic (exact) mass is 341 g/mol. The average molecular weight is 341 g/mol. The molecule has 2 aromatic rings. The van der Waals surface area contributed by atoms with Gasteiger partial charge in [-0.05, 0) is 45.1 Å². The summed E-state index contributed by atoms with van der Waals surface area (Å²) in [5.74, 6) is 0.620. The second kappa shape index (κ2) is 6.17. The Bertz CT molecular complexity index is 923. The number of hydrogen-bond donors (Lipinski definition) is 1. The molecule has 3 rings (SSSR count). The van der Waals surface area contributed by atoms with E-state index >= 15 is 0 Å². The van der Waals surface area contributed by atoms with Crippen molar-refractivity contribution in [2.45, 2.75) is 38.4 Å². The molecule has 1 N–H and O–H groups in total. The van der Waals surface area contributed by atoms with Gasteiger partial charge in [0.05, 0.1) is 11.1 Å². The van der Waals surface area contributed by atoms with Crippen LogP contribution in [0.4, 0.5) is 0 Å². The number of fused-ring (bicyclic) bond motifs is 3. The van der Waals surface area contributed by atoms with Gasteiger partial charge in [0.2, 0.25) is 0 Å². The van der Waals surface area contributed by atoms with Crippen molar-refractivity contribution in [2.75, 3.05) is 0 Å². The van der Waals surface area contributed by atoms with Gasteiger partial charge in [-0.2, -0.15) is 0 Å². The lowest BCUT2D eigenvalue weighted by Crippen LogP contribution is -2.34. The van der Waals surface area contributed by atoms with Crippen molar-refractivity contribution in [3.8, 4) is 5.75 Å². The molecule has 5 heteroatoms. The highest BCUT2D eigenvalue weighted by atomic mass is 17.1. The van der Waals surface area contributed by atoms with Crippen LogP contribution in [-0.2, 0) is 11.9 Å². The summed E-state index contributed by atoms with van der Waals surface area (Å²) in [6, 6.07) is 7.72. The first-order valence-corrected chi connectivity index (χ1v) is 8.27. The van der Waals surface area contributed by atoms with E-state index in [-0.39, 0.29) is 5.56 Å². The van der Waals surface area contributed by atoms with Gasteiger partial charge in [-0.25, -0.2) is 4.89 Å². The Hall–Kier alpha value is -2.37. The molecule has 1 aliphatic heterocycles. The Labute approximate surface area is 146 Å². The smallest absolute Gasteiger partial charge is 0.261 e. The third-order valence-electron chi connectivity index (χ3n) is 4.51. The van der Waals surface area contributed by atoms with Crippen LogP contribution < -0.4 is 10.3 Å². The van der Waals surface area contributed by atoms with Gasteiger partial charge in [-0.1, -0.05) is 24.3 Å². The first-order chi connectivity index (χ1) is 11.8. The van der Waals surface area contributed by atoms with Crippen LogP contribution in [-0.4, -0.2) is 21.0 Å². The maximum absolute atomic E-state index is 12.6. The van der Waals surface area contributed by atoms with Crippen molar-refractivity contribution in [1.29, 1.82) is 0 Å². The number of hydrogen-bond acceptors (Lipinski definition) is 4. The van der Waals surface area contributed by atoms with Gasteiger partial charge in [-0.15, -0.1) is 0 Å². The maximum Gasteiger partial charge on any atom is 0.261 e. The quantitative estimate of drug-likeness (QED) is 0.520. The van der Waals surface area contributed by atoms with Crippen LogP contribution in [0, 0.1) is 0 Å². The van der Waals surface area contributed by atoms with Crippen LogP contribution in [0.1, 0.15) is 32.8 Å². The molecule has 0 unspecified atom stereocenters. The predicted molar refractivity (Wildman–Crippen MR) is 98.8 cm³/mol. The van der Waals surface area contributed by atoms with E-state index in [1.165, 1.54) is 0 Å². The largest absolute Gasteiger partial charge is 0.482 e. The molecule has 0 spiro atoms. The Morgan fingerprint density at radius 3 is 2.80 bits per heavy atom. The first-order valence-electron chi connectivity index (χ1n) is 8.27. The lowest BCUT2D eigenvalue weighted by molar-refractivity contribution is -0.297. The number of ether oxygens (including phenoxy) is 1. The lowest BCUT2D eigenvalue weighted by Gasteiger charge is -2.32. The zero-order valence-corrected chi connectivity index (χ0v) is 14.9. The molecule has 1 aliphatic rings. The van der Waals surface area contributed by atoms with E-state index in [1.54, 1.807) is 31.5 Å². The van der Waals surface area contributed by atoms with E-state index in [0.717, 1.165) is 10.9 Å². The van der Waals surface area contributed by atoms with Crippen LogP contribution in [0.15, 0.2) is 47.3 Å². The minimum atomic E-state index is -0.755. The van der Waals surface area contributed by atoms with Gasteiger partial charge < -0.3 is 9.30 Å². The molecule has 1 aromatic heterocycles. The SMILES string of the molecule is Cn1c(=O)c2c(c3ccccc31)O[C@](C)(CC=CC(C)(C)OO)C=C2. The number of aromatic nitrogens is 1. The van der Waals surface area contributed by atoms with Crippen LogP contribution in [0.3, 0.4) is 0 Å². The second-order valence-electron chi connectivity index (χ2n) is 7.17. The fourth-order valence-corrected chi connectivity index (χ4v) is 2.99. The van der Waals surface area contributed by atoms with Gasteiger partial charge >= 0.3 is 0 Å². The van der Waals surface area contributed by atoms with Crippen molar-refractivity contribution >= 4 is 17.0 Å². The Morgan fingerprint density at radius 2 is 2.08 bits per heavy atom. The van der Waals surface area contributed by atoms with Crippen LogP contribution in [0.2, 0.25) is 0 Å². The summed E-state index contributed by atoms with van der Waals surface area (Å²) in [5, 5.41) is 9.78.